The first-order valence-corrected chi connectivity index (χ1v) is 6.95. The summed E-state index contributed by atoms with van der Waals surface area (Å²) < 4.78 is 0. The van der Waals surface area contributed by atoms with Crippen molar-refractivity contribution in [2.75, 3.05) is 19.6 Å². The fraction of sp³-hybridized carbons (Fsp3) is 0.400. The van der Waals surface area contributed by atoms with E-state index in [0.29, 0.717) is 19.6 Å². The van der Waals surface area contributed by atoms with Crippen molar-refractivity contribution in [3.05, 3.63) is 52.6 Å². The van der Waals surface area contributed by atoms with E-state index in [1.807, 2.05) is 0 Å². The molecule has 1 saturated heterocycles. The molecule has 0 aliphatic carbocycles. The molecule has 1 fully saturated rings. The highest BCUT2D eigenvalue weighted by Crippen LogP contribution is 2.17. The van der Waals surface area contributed by atoms with E-state index in [-0.39, 0.29) is 29.9 Å². The highest BCUT2D eigenvalue weighted by Gasteiger charge is 2.26. The minimum absolute atomic E-state index is 0. The molecule has 120 valence electrons. The van der Waals surface area contributed by atoms with Gasteiger partial charge in [-0.1, -0.05) is 18.2 Å². The fourth-order valence-electron chi connectivity index (χ4n) is 2.50. The average Bonchev–Trinajstić information content (AvgIpc) is 3.00. The lowest BCUT2D eigenvalue weighted by Crippen LogP contribution is -2.36. The molecule has 7 heteroatoms. The van der Waals surface area contributed by atoms with Crippen LogP contribution in [0.2, 0.25) is 0 Å². The van der Waals surface area contributed by atoms with Crippen LogP contribution in [-0.2, 0) is 11.3 Å². The van der Waals surface area contributed by atoms with Crippen molar-refractivity contribution in [1.82, 2.24) is 10.2 Å². The van der Waals surface area contributed by atoms with Gasteiger partial charge in [-0.2, -0.15) is 0 Å². The standard InChI is InChI=1S/C15H19N3O3.ClH/c1-2-8-17(15(19)13-6-7-16-10-13)11-12-4-3-5-14(9-12)18(20)21;/h2-5,9,13,16H,1,6-8,10-11H2;1H. The number of carbonyl (C=O) groups is 1. The zero-order valence-electron chi connectivity index (χ0n) is 12.2. The molecule has 1 aliphatic rings. The maximum Gasteiger partial charge on any atom is 0.269 e. The SMILES string of the molecule is C=CCN(Cc1cccc([N+](=O)[O-])c1)C(=O)C1CCNC1.Cl. The van der Waals surface area contributed by atoms with Crippen molar-refractivity contribution in [2.45, 2.75) is 13.0 Å². The van der Waals surface area contributed by atoms with Crippen molar-refractivity contribution in [3.63, 3.8) is 0 Å². The number of amides is 1. The maximum absolute atomic E-state index is 12.5. The van der Waals surface area contributed by atoms with Crippen LogP contribution < -0.4 is 5.32 Å². The Morgan fingerprint density at radius 1 is 1.55 bits per heavy atom. The Balaban J connectivity index is 0.00000242. The molecular weight excluding hydrogens is 306 g/mol. The largest absolute Gasteiger partial charge is 0.334 e. The number of carbonyl (C=O) groups excluding carboxylic acids is 1. The lowest BCUT2D eigenvalue weighted by Gasteiger charge is -2.24. The monoisotopic (exact) mass is 325 g/mol. The van der Waals surface area contributed by atoms with Crippen molar-refractivity contribution in [1.29, 1.82) is 0 Å². The quantitative estimate of drug-likeness (QED) is 0.494. The average molecular weight is 326 g/mol. The summed E-state index contributed by atoms with van der Waals surface area (Å²) in [7, 11) is 0. The first-order chi connectivity index (χ1) is 10.1. The summed E-state index contributed by atoms with van der Waals surface area (Å²) in [6.07, 6.45) is 2.51. The number of rotatable bonds is 6. The number of nitrogens with zero attached hydrogens (tertiary/aromatic N) is 2. The van der Waals surface area contributed by atoms with Gasteiger partial charge in [-0.15, -0.1) is 19.0 Å². The zero-order chi connectivity index (χ0) is 15.2. The molecule has 6 nitrogen and oxygen atoms in total. The van der Waals surface area contributed by atoms with Gasteiger partial charge in [0.15, 0.2) is 0 Å². The molecule has 1 unspecified atom stereocenters. The molecule has 2 rings (SSSR count). The topological polar surface area (TPSA) is 75.5 Å². The third kappa shape index (κ3) is 4.54. The number of nitro benzene ring substituents is 1. The van der Waals surface area contributed by atoms with Gasteiger partial charge in [0.25, 0.3) is 5.69 Å². The lowest BCUT2D eigenvalue weighted by atomic mass is 10.1. The summed E-state index contributed by atoms with van der Waals surface area (Å²) in [6, 6.07) is 6.39. The summed E-state index contributed by atoms with van der Waals surface area (Å²) in [6.45, 7) is 6.04. The fourth-order valence-corrected chi connectivity index (χ4v) is 2.50. The minimum atomic E-state index is -0.427. The van der Waals surface area contributed by atoms with Gasteiger partial charge >= 0.3 is 0 Å². The Labute approximate surface area is 135 Å². The van der Waals surface area contributed by atoms with Gasteiger partial charge in [-0.3, -0.25) is 14.9 Å². The molecule has 1 amide bonds. The predicted octanol–water partition coefficient (Wildman–Crippen LogP) is 2.14. The van der Waals surface area contributed by atoms with Crippen molar-refractivity contribution >= 4 is 24.0 Å². The Kier molecular flexibility index (Phi) is 7.01. The Morgan fingerprint density at radius 3 is 2.91 bits per heavy atom. The molecule has 1 aromatic carbocycles. The van der Waals surface area contributed by atoms with Crippen molar-refractivity contribution in [3.8, 4) is 0 Å². The predicted molar refractivity (Wildman–Crippen MR) is 86.9 cm³/mol. The molecule has 1 atom stereocenters. The van der Waals surface area contributed by atoms with Gasteiger partial charge in [0, 0.05) is 31.8 Å². The normalized spacial score (nSPS) is 16.6. The van der Waals surface area contributed by atoms with Crippen LogP contribution in [0.4, 0.5) is 5.69 Å². The van der Waals surface area contributed by atoms with Gasteiger partial charge in [0.1, 0.15) is 0 Å². The molecule has 1 aliphatic heterocycles. The van der Waals surface area contributed by atoms with E-state index < -0.39 is 4.92 Å². The smallest absolute Gasteiger partial charge is 0.269 e. The number of hydrogen-bond acceptors (Lipinski definition) is 4. The van der Waals surface area contributed by atoms with Crippen LogP contribution in [0.3, 0.4) is 0 Å². The summed E-state index contributed by atoms with van der Waals surface area (Å²) >= 11 is 0. The van der Waals surface area contributed by atoms with Gasteiger partial charge in [0.05, 0.1) is 10.8 Å². The van der Waals surface area contributed by atoms with Crippen LogP contribution in [0.1, 0.15) is 12.0 Å². The Hall–Kier alpha value is -1.92. The summed E-state index contributed by atoms with van der Waals surface area (Å²) in [5, 5.41) is 14.0. The number of nitro groups is 1. The molecule has 0 aromatic heterocycles. The minimum Gasteiger partial charge on any atom is -0.334 e. The molecule has 1 aromatic rings. The third-order valence-corrected chi connectivity index (χ3v) is 3.57. The molecule has 0 saturated carbocycles. The highest BCUT2D eigenvalue weighted by molar-refractivity contribution is 5.85. The Bertz CT molecular complexity index is 545. The number of halogens is 1. The van der Waals surface area contributed by atoms with Crippen LogP contribution in [-0.4, -0.2) is 35.4 Å². The Morgan fingerprint density at radius 2 is 2.32 bits per heavy atom. The third-order valence-electron chi connectivity index (χ3n) is 3.57. The van der Waals surface area contributed by atoms with Gasteiger partial charge in [0.2, 0.25) is 5.91 Å². The van der Waals surface area contributed by atoms with Crippen LogP contribution >= 0.6 is 12.4 Å². The van der Waals surface area contributed by atoms with E-state index in [1.54, 1.807) is 23.1 Å². The van der Waals surface area contributed by atoms with E-state index >= 15 is 0 Å². The molecule has 0 bridgehead atoms. The number of benzene rings is 1. The van der Waals surface area contributed by atoms with Gasteiger partial charge < -0.3 is 10.2 Å². The van der Waals surface area contributed by atoms with Gasteiger partial charge in [-0.25, -0.2) is 0 Å². The first-order valence-electron chi connectivity index (χ1n) is 6.95. The second-order valence-corrected chi connectivity index (χ2v) is 5.12. The molecule has 1 N–H and O–H groups in total. The molecule has 0 radical (unpaired) electrons. The van der Waals surface area contributed by atoms with E-state index in [1.165, 1.54) is 12.1 Å². The van der Waals surface area contributed by atoms with Gasteiger partial charge in [-0.05, 0) is 18.5 Å². The second kappa shape index (κ2) is 8.51. The first kappa shape index (κ1) is 18.1. The number of non-ortho nitro benzene ring substituents is 1. The van der Waals surface area contributed by atoms with Crippen molar-refractivity contribution < 1.29 is 9.72 Å². The number of hydrogen-bond donors (Lipinski definition) is 1. The highest BCUT2D eigenvalue weighted by atomic mass is 35.5. The zero-order valence-corrected chi connectivity index (χ0v) is 13.1. The molecule has 1 heterocycles. The van der Waals surface area contributed by atoms with E-state index in [9.17, 15) is 14.9 Å². The van der Waals surface area contributed by atoms with Crippen LogP contribution in [0, 0.1) is 16.0 Å². The van der Waals surface area contributed by atoms with Crippen LogP contribution in [0.5, 0.6) is 0 Å². The summed E-state index contributed by atoms with van der Waals surface area (Å²) in [5.74, 6) is 0.0649. The van der Waals surface area contributed by atoms with E-state index in [2.05, 4.69) is 11.9 Å². The lowest BCUT2D eigenvalue weighted by molar-refractivity contribution is -0.384. The van der Waals surface area contributed by atoms with E-state index in [0.717, 1.165) is 18.5 Å². The van der Waals surface area contributed by atoms with E-state index in [4.69, 9.17) is 0 Å². The van der Waals surface area contributed by atoms with Crippen LogP contribution in [0.15, 0.2) is 36.9 Å². The number of nitrogens with one attached hydrogen (secondary N) is 1. The van der Waals surface area contributed by atoms with Crippen LogP contribution in [0.25, 0.3) is 0 Å². The molecule has 0 spiro atoms. The molecule has 22 heavy (non-hydrogen) atoms. The maximum atomic E-state index is 12.5. The summed E-state index contributed by atoms with van der Waals surface area (Å²) in [4.78, 5) is 24.5. The van der Waals surface area contributed by atoms with Crippen molar-refractivity contribution in [2.24, 2.45) is 5.92 Å². The molecular formula is C15H20ClN3O3. The summed E-state index contributed by atoms with van der Waals surface area (Å²) in [5.41, 5.74) is 0.798. The second-order valence-electron chi connectivity index (χ2n) is 5.12.